The van der Waals surface area contributed by atoms with Crippen LogP contribution in [-0.2, 0) is 11.3 Å². The largest absolute Gasteiger partial charge is 0.306 e. The summed E-state index contributed by atoms with van der Waals surface area (Å²) in [7, 11) is 3.78. The fourth-order valence-corrected chi connectivity index (χ4v) is 1.95. The average molecular weight is 192 g/mol. The van der Waals surface area contributed by atoms with Crippen LogP contribution in [0.4, 0.5) is 0 Å². The van der Waals surface area contributed by atoms with Gasteiger partial charge in [-0.05, 0) is 33.0 Å². The summed E-state index contributed by atoms with van der Waals surface area (Å²) >= 11 is -1.80. The molecule has 0 bridgehead atoms. The van der Waals surface area contributed by atoms with Gasteiger partial charge in [-0.1, -0.05) is 0 Å². The third-order valence-electron chi connectivity index (χ3n) is 2.45. The second-order valence-electron chi connectivity index (χ2n) is 3.31. The van der Waals surface area contributed by atoms with E-state index in [2.05, 4.69) is 11.9 Å². The van der Waals surface area contributed by atoms with Gasteiger partial charge >= 0.3 is 0 Å². The Bertz CT molecular complexity index is 169. The molecule has 1 N–H and O–H groups in total. The van der Waals surface area contributed by atoms with Gasteiger partial charge in [-0.15, -0.1) is 0 Å². The summed E-state index contributed by atoms with van der Waals surface area (Å²) in [4.78, 5) is 2.24. The zero-order valence-corrected chi connectivity index (χ0v) is 8.38. The Kier molecular flexibility index (Phi) is 3.64. The van der Waals surface area contributed by atoms with Crippen molar-refractivity contribution in [1.29, 1.82) is 0 Å². The van der Waals surface area contributed by atoms with Crippen molar-refractivity contribution in [3.8, 4) is 0 Å². The molecule has 72 valence electrons. The van der Waals surface area contributed by atoms with Crippen molar-refractivity contribution < 1.29 is 8.76 Å². The smallest absolute Gasteiger partial charge is 0.234 e. The molecule has 1 atom stereocenters. The number of likely N-dealkylation sites (tertiary alicyclic amines) is 1. The molecule has 0 radical (unpaired) electrons. The Hall–Kier alpha value is 0.0300. The maximum atomic E-state index is 10.7. The van der Waals surface area contributed by atoms with Crippen LogP contribution in [0, 0.1) is 0 Å². The van der Waals surface area contributed by atoms with Gasteiger partial charge in [0.15, 0.2) is 0 Å². The number of nitrogens with zero attached hydrogens (tertiary/aromatic N) is 2. The second-order valence-corrected chi connectivity index (χ2v) is 4.35. The molecule has 1 fully saturated rings. The molecule has 1 heterocycles. The fourth-order valence-electron chi connectivity index (χ4n) is 1.49. The van der Waals surface area contributed by atoms with Crippen LogP contribution in [0.2, 0.25) is 0 Å². The average Bonchev–Trinajstić information content (AvgIpc) is 2.04. The number of hydrogen-bond donors (Lipinski definition) is 1. The molecule has 1 rings (SSSR count). The van der Waals surface area contributed by atoms with Crippen molar-refractivity contribution >= 4 is 11.3 Å². The number of piperidine rings is 1. The van der Waals surface area contributed by atoms with Crippen molar-refractivity contribution in [2.24, 2.45) is 0 Å². The molecular formula is C7H16N2O2S. The third-order valence-corrected chi connectivity index (χ3v) is 3.24. The van der Waals surface area contributed by atoms with Gasteiger partial charge in [-0.25, -0.2) is 8.51 Å². The Labute approximate surface area is 76.0 Å². The van der Waals surface area contributed by atoms with E-state index in [1.807, 2.05) is 0 Å². The van der Waals surface area contributed by atoms with E-state index >= 15 is 0 Å². The first-order chi connectivity index (χ1) is 5.61. The quantitative estimate of drug-likeness (QED) is 0.633. The minimum Gasteiger partial charge on any atom is -0.306 e. The van der Waals surface area contributed by atoms with E-state index in [1.54, 1.807) is 7.05 Å². The van der Waals surface area contributed by atoms with Crippen LogP contribution < -0.4 is 0 Å². The predicted octanol–water partition coefficient (Wildman–Crippen LogP) is 0.149. The maximum Gasteiger partial charge on any atom is 0.234 e. The highest BCUT2D eigenvalue weighted by atomic mass is 32.2. The Morgan fingerprint density at radius 1 is 1.50 bits per heavy atom. The minimum atomic E-state index is -1.80. The van der Waals surface area contributed by atoms with Gasteiger partial charge < -0.3 is 4.90 Å². The fraction of sp³-hybridized carbons (Fsp3) is 1.00. The molecule has 0 aromatic heterocycles. The molecule has 0 saturated carbocycles. The van der Waals surface area contributed by atoms with Gasteiger partial charge in [0, 0.05) is 13.1 Å². The highest BCUT2D eigenvalue weighted by Crippen LogP contribution is 2.14. The summed E-state index contributed by atoms with van der Waals surface area (Å²) in [5.74, 6) is 0. The summed E-state index contributed by atoms with van der Waals surface area (Å²) < 4.78 is 21.1. The molecule has 12 heavy (non-hydrogen) atoms. The molecule has 5 heteroatoms. The molecule has 0 amide bonds. The molecule has 0 aromatic carbocycles. The summed E-state index contributed by atoms with van der Waals surface area (Å²) in [5.41, 5.74) is 0. The first-order valence-corrected chi connectivity index (χ1v) is 5.20. The normalized spacial score (nSPS) is 24.7. The highest BCUT2D eigenvalue weighted by molar-refractivity contribution is 7.76. The van der Waals surface area contributed by atoms with Crippen LogP contribution in [-0.4, -0.2) is 51.2 Å². The number of hydrogen-bond acceptors (Lipinski definition) is 2. The molecule has 0 spiro atoms. The maximum absolute atomic E-state index is 10.7. The van der Waals surface area contributed by atoms with E-state index in [0.29, 0.717) is 0 Å². The Morgan fingerprint density at radius 2 is 2.00 bits per heavy atom. The minimum absolute atomic E-state index is 0.270. The lowest BCUT2D eigenvalue weighted by Crippen LogP contribution is -2.42. The van der Waals surface area contributed by atoms with E-state index in [0.717, 1.165) is 25.9 Å². The summed E-state index contributed by atoms with van der Waals surface area (Å²) in [6, 6.07) is 0.270. The van der Waals surface area contributed by atoms with Gasteiger partial charge in [0.05, 0.1) is 0 Å². The third kappa shape index (κ3) is 2.52. The first kappa shape index (κ1) is 10.1. The molecule has 4 nitrogen and oxygen atoms in total. The molecule has 0 aromatic rings. The Balaban J connectivity index is 2.39. The molecule has 1 saturated heterocycles. The van der Waals surface area contributed by atoms with E-state index in [9.17, 15) is 4.21 Å². The van der Waals surface area contributed by atoms with Crippen LogP contribution >= 0.6 is 0 Å². The molecule has 1 unspecified atom stereocenters. The highest BCUT2D eigenvalue weighted by Gasteiger charge is 2.22. The molecule has 0 aliphatic carbocycles. The van der Waals surface area contributed by atoms with Gasteiger partial charge in [0.2, 0.25) is 11.3 Å². The van der Waals surface area contributed by atoms with Crippen LogP contribution in [0.25, 0.3) is 0 Å². The van der Waals surface area contributed by atoms with E-state index < -0.39 is 11.3 Å². The van der Waals surface area contributed by atoms with E-state index in [1.165, 1.54) is 4.31 Å². The predicted molar refractivity (Wildman–Crippen MR) is 49.1 cm³/mol. The Morgan fingerprint density at radius 3 is 2.42 bits per heavy atom. The standard InChI is InChI=1S/C7H16N2O2S/c1-8-5-3-7(4-6-8)9(2)12(10)11/h7H,3-6H2,1-2H3,(H,10,11). The van der Waals surface area contributed by atoms with E-state index in [-0.39, 0.29) is 6.04 Å². The van der Waals surface area contributed by atoms with Crippen LogP contribution in [0.15, 0.2) is 0 Å². The zero-order valence-electron chi connectivity index (χ0n) is 7.56. The number of rotatable bonds is 2. The SMILES string of the molecule is CN1CCC(N(C)S(=O)O)CC1. The van der Waals surface area contributed by atoms with Crippen molar-refractivity contribution in [3.05, 3.63) is 0 Å². The second kappa shape index (κ2) is 4.32. The summed E-state index contributed by atoms with van der Waals surface area (Å²) in [5, 5.41) is 0. The van der Waals surface area contributed by atoms with E-state index in [4.69, 9.17) is 4.55 Å². The monoisotopic (exact) mass is 192 g/mol. The van der Waals surface area contributed by atoms with Gasteiger partial charge in [0.1, 0.15) is 0 Å². The van der Waals surface area contributed by atoms with Crippen molar-refractivity contribution in [1.82, 2.24) is 9.21 Å². The van der Waals surface area contributed by atoms with Gasteiger partial charge in [-0.2, -0.15) is 0 Å². The molecule has 1 aliphatic rings. The molecule has 1 aliphatic heterocycles. The lowest BCUT2D eigenvalue weighted by atomic mass is 10.1. The molecular weight excluding hydrogens is 176 g/mol. The lowest BCUT2D eigenvalue weighted by Gasteiger charge is -2.32. The summed E-state index contributed by atoms with van der Waals surface area (Å²) in [6.07, 6.45) is 1.97. The van der Waals surface area contributed by atoms with Crippen LogP contribution in [0.1, 0.15) is 12.8 Å². The van der Waals surface area contributed by atoms with Gasteiger partial charge in [-0.3, -0.25) is 4.55 Å². The van der Waals surface area contributed by atoms with Crippen molar-refractivity contribution in [2.45, 2.75) is 18.9 Å². The lowest BCUT2D eigenvalue weighted by molar-refractivity contribution is 0.196. The van der Waals surface area contributed by atoms with Crippen LogP contribution in [0.3, 0.4) is 0 Å². The first-order valence-electron chi connectivity index (χ1n) is 4.13. The van der Waals surface area contributed by atoms with Crippen molar-refractivity contribution in [3.63, 3.8) is 0 Å². The summed E-state index contributed by atoms with van der Waals surface area (Å²) in [6.45, 7) is 2.04. The topological polar surface area (TPSA) is 43.8 Å². The van der Waals surface area contributed by atoms with Crippen molar-refractivity contribution in [2.75, 3.05) is 27.2 Å². The van der Waals surface area contributed by atoms with Crippen LogP contribution in [0.5, 0.6) is 0 Å². The zero-order chi connectivity index (χ0) is 9.14. The van der Waals surface area contributed by atoms with Gasteiger partial charge in [0.25, 0.3) is 0 Å².